The number of phenolic OH excluding ortho intramolecular Hbond substituents is 1. The molecule has 0 aromatic heterocycles. The number of piperazine rings is 1. The van der Waals surface area contributed by atoms with Crippen molar-refractivity contribution >= 4 is 11.4 Å². The second-order valence-corrected chi connectivity index (χ2v) is 7.68. The number of nitrogens with zero attached hydrogens (tertiary/aromatic N) is 2. The van der Waals surface area contributed by atoms with E-state index in [1.807, 2.05) is 18.2 Å². The zero-order chi connectivity index (χ0) is 19.6. The van der Waals surface area contributed by atoms with Crippen LogP contribution in [-0.4, -0.2) is 36.2 Å². The Morgan fingerprint density at radius 3 is 2.37 bits per heavy atom. The maximum absolute atomic E-state index is 10.8. The van der Waals surface area contributed by atoms with Crippen LogP contribution < -0.4 is 9.80 Å². The first-order valence-electron chi connectivity index (χ1n) is 9.50. The second-order valence-electron chi connectivity index (χ2n) is 7.68. The highest BCUT2D eigenvalue weighted by atomic mass is 16.6. The van der Waals surface area contributed by atoms with Gasteiger partial charge in [-0.3, -0.25) is 10.1 Å². The van der Waals surface area contributed by atoms with Gasteiger partial charge in [0.05, 0.1) is 31.1 Å². The number of anilines is 1. The summed E-state index contributed by atoms with van der Waals surface area (Å²) in [4.78, 5) is 14.1. The number of benzene rings is 2. The molecule has 27 heavy (non-hydrogen) atoms. The number of phenols is 1. The number of nitrogens with one attached hydrogen (secondary N) is 1. The Morgan fingerprint density at radius 1 is 1.19 bits per heavy atom. The molecule has 1 saturated heterocycles. The summed E-state index contributed by atoms with van der Waals surface area (Å²) in [6.45, 7) is 11.0. The van der Waals surface area contributed by atoms with Crippen molar-refractivity contribution < 1.29 is 14.9 Å². The van der Waals surface area contributed by atoms with E-state index >= 15 is 0 Å². The minimum atomic E-state index is -0.370. The molecule has 2 N–H and O–H groups in total. The van der Waals surface area contributed by atoms with E-state index in [0.717, 1.165) is 49.5 Å². The quantitative estimate of drug-likeness (QED) is 0.627. The highest BCUT2D eigenvalue weighted by Gasteiger charge is 2.22. The van der Waals surface area contributed by atoms with Gasteiger partial charge in [-0.05, 0) is 48.2 Å². The summed E-state index contributed by atoms with van der Waals surface area (Å²) in [7, 11) is 0. The fourth-order valence-electron chi connectivity index (χ4n) is 3.83. The number of nitro groups is 1. The topological polar surface area (TPSA) is 71.0 Å². The molecule has 0 saturated carbocycles. The molecule has 144 valence electrons. The molecule has 0 unspecified atom stereocenters. The summed E-state index contributed by atoms with van der Waals surface area (Å²) in [6.07, 6.45) is 0. The molecule has 0 atom stereocenters. The van der Waals surface area contributed by atoms with E-state index in [1.165, 1.54) is 10.5 Å². The van der Waals surface area contributed by atoms with Gasteiger partial charge in [0.2, 0.25) is 0 Å². The summed E-state index contributed by atoms with van der Waals surface area (Å²) in [5.41, 5.74) is 4.61. The Balaban J connectivity index is 1.63. The van der Waals surface area contributed by atoms with Crippen molar-refractivity contribution in [1.29, 1.82) is 0 Å². The van der Waals surface area contributed by atoms with Gasteiger partial charge in [0, 0.05) is 23.4 Å². The van der Waals surface area contributed by atoms with E-state index in [4.69, 9.17) is 0 Å². The molecule has 0 bridgehead atoms. The van der Waals surface area contributed by atoms with Gasteiger partial charge in [-0.1, -0.05) is 13.8 Å². The largest absolute Gasteiger partial charge is 0.507 e. The summed E-state index contributed by atoms with van der Waals surface area (Å²) in [6, 6.07) is 10.8. The van der Waals surface area contributed by atoms with Gasteiger partial charge in [-0.25, -0.2) is 0 Å². The molecule has 1 aliphatic rings. The summed E-state index contributed by atoms with van der Waals surface area (Å²) in [5.74, 6) is 0.834. The van der Waals surface area contributed by atoms with E-state index in [2.05, 4.69) is 31.7 Å². The Labute approximate surface area is 160 Å². The minimum Gasteiger partial charge on any atom is -0.507 e. The fraction of sp³-hybridized carbons (Fsp3) is 0.429. The third kappa shape index (κ3) is 4.39. The smallest absolute Gasteiger partial charge is 0.269 e. The first-order chi connectivity index (χ1) is 12.8. The van der Waals surface area contributed by atoms with Gasteiger partial charge in [0.15, 0.2) is 0 Å². The molecule has 2 aromatic carbocycles. The summed E-state index contributed by atoms with van der Waals surface area (Å²) >= 11 is 0. The van der Waals surface area contributed by atoms with Crippen molar-refractivity contribution in [3.8, 4) is 5.75 Å². The van der Waals surface area contributed by atoms with Gasteiger partial charge in [0.25, 0.3) is 5.69 Å². The van der Waals surface area contributed by atoms with Crippen molar-refractivity contribution in [1.82, 2.24) is 0 Å². The van der Waals surface area contributed by atoms with Gasteiger partial charge < -0.3 is 14.9 Å². The maximum Gasteiger partial charge on any atom is 0.269 e. The third-order valence-corrected chi connectivity index (χ3v) is 5.43. The molecular weight excluding hydrogens is 342 g/mol. The van der Waals surface area contributed by atoms with E-state index < -0.39 is 0 Å². The molecule has 0 amide bonds. The lowest BCUT2D eigenvalue weighted by molar-refractivity contribution is -0.914. The molecule has 1 aliphatic heterocycles. The van der Waals surface area contributed by atoms with Crippen molar-refractivity contribution in [3.63, 3.8) is 0 Å². The van der Waals surface area contributed by atoms with Crippen LogP contribution in [0.4, 0.5) is 11.4 Å². The van der Waals surface area contributed by atoms with Crippen LogP contribution in [0.3, 0.4) is 0 Å². The van der Waals surface area contributed by atoms with Crippen LogP contribution in [0.1, 0.15) is 36.5 Å². The number of non-ortho nitro benzene ring substituents is 1. The Morgan fingerprint density at radius 2 is 1.81 bits per heavy atom. The molecule has 1 fully saturated rings. The molecule has 6 nitrogen and oxygen atoms in total. The number of quaternary nitrogens is 1. The molecule has 0 spiro atoms. The fourth-order valence-corrected chi connectivity index (χ4v) is 3.83. The molecule has 2 aromatic rings. The van der Waals surface area contributed by atoms with Crippen LogP contribution in [0.2, 0.25) is 0 Å². The lowest BCUT2D eigenvalue weighted by Gasteiger charge is -2.33. The average Bonchev–Trinajstić information content (AvgIpc) is 2.64. The molecule has 3 rings (SSSR count). The minimum absolute atomic E-state index is 0.124. The first kappa shape index (κ1) is 19.2. The van der Waals surface area contributed by atoms with Crippen molar-refractivity contribution in [2.75, 3.05) is 31.1 Å². The van der Waals surface area contributed by atoms with Crippen LogP contribution in [0.5, 0.6) is 5.75 Å². The Kier molecular flexibility index (Phi) is 5.65. The predicted molar refractivity (Wildman–Crippen MR) is 107 cm³/mol. The highest BCUT2D eigenvalue weighted by molar-refractivity contribution is 5.51. The number of hydrogen-bond acceptors (Lipinski definition) is 4. The number of aromatic hydroxyl groups is 1. The predicted octanol–water partition coefficient (Wildman–Crippen LogP) is 2.64. The van der Waals surface area contributed by atoms with Crippen LogP contribution in [0.15, 0.2) is 36.4 Å². The van der Waals surface area contributed by atoms with Crippen molar-refractivity contribution in [3.05, 3.63) is 63.2 Å². The number of rotatable bonds is 5. The third-order valence-electron chi connectivity index (χ3n) is 5.43. The average molecular weight is 370 g/mol. The zero-order valence-corrected chi connectivity index (χ0v) is 16.2. The molecule has 1 heterocycles. The van der Waals surface area contributed by atoms with Gasteiger partial charge in [-0.2, -0.15) is 0 Å². The molecule has 0 aliphatic carbocycles. The molecular formula is C21H28N3O3+. The van der Waals surface area contributed by atoms with Gasteiger partial charge in [0.1, 0.15) is 12.3 Å². The van der Waals surface area contributed by atoms with Crippen LogP contribution >= 0.6 is 0 Å². The van der Waals surface area contributed by atoms with Crippen molar-refractivity contribution in [2.45, 2.75) is 33.2 Å². The van der Waals surface area contributed by atoms with Crippen LogP contribution in [0, 0.1) is 17.0 Å². The van der Waals surface area contributed by atoms with Gasteiger partial charge >= 0.3 is 0 Å². The lowest BCUT2D eigenvalue weighted by Crippen LogP contribution is -3.13. The lowest BCUT2D eigenvalue weighted by atomic mass is 9.95. The van der Waals surface area contributed by atoms with Crippen LogP contribution in [0.25, 0.3) is 0 Å². The Hall–Kier alpha value is -2.60. The van der Waals surface area contributed by atoms with E-state index in [-0.39, 0.29) is 10.6 Å². The Bertz CT molecular complexity index is 810. The molecule has 6 heteroatoms. The normalized spacial score (nSPS) is 15.3. The number of hydrogen-bond donors (Lipinski definition) is 2. The van der Waals surface area contributed by atoms with E-state index in [9.17, 15) is 15.2 Å². The highest BCUT2D eigenvalue weighted by Crippen LogP contribution is 2.27. The van der Waals surface area contributed by atoms with Crippen molar-refractivity contribution in [2.24, 2.45) is 0 Å². The monoisotopic (exact) mass is 370 g/mol. The van der Waals surface area contributed by atoms with E-state index in [0.29, 0.717) is 11.7 Å². The second kappa shape index (κ2) is 7.96. The number of nitro benzene ring substituents is 1. The summed E-state index contributed by atoms with van der Waals surface area (Å²) < 4.78 is 0. The molecule has 0 radical (unpaired) electrons. The maximum atomic E-state index is 10.8. The van der Waals surface area contributed by atoms with E-state index in [1.54, 1.807) is 12.1 Å². The van der Waals surface area contributed by atoms with Gasteiger partial charge in [-0.15, -0.1) is 0 Å². The summed E-state index contributed by atoms with van der Waals surface area (Å²) in [5, 5.41) is 21.1. The first-order valence-corrected chi connectivity index (χ1v) is 9.50. The number of aryl methyl sites for hydroxylation is 1. The zero-order valence-electron chi connectivity index (χ0n) is 16.2. The SMILES string of the molecule is Cc1cc(O)c(C[NH+]2CCN(c3ccc([N+](=O)[O-])cc3)CC2)cc1C(C)C. The van der Waals surface area contributed by atoms with Crippen LogP contribution in [-0.2, 0) is 6.54 Å². The standard InChI is InChI=1S/C21H27N3O3/c1-15(2)20-13-17(21(25)12-16(20)3)14-22-8-10-23(11-9-22)18-4-6-19(7-5-18)24(26)27/h4-7,12-13,15,25H,8-11,14H2,1-3H3/p+1.